The van der Waals surface area contributed by atoms with Gasteiger partial charge < -0.3 is 4.90 Å². The van der Waals surface area contributed by atoms with Crippen LogP contribution in [0.4, 0.5) is 11.4 Å². The smallest absolute Gasteiger partial charge is 0.300 e. The average Bonchev–Trinajstić information content (AvgIpc) is 2.46. The fraction of sp³-hybridized carbons (Fsp3) is 0.133. The number of para-hydroxylation sites is 1. The number of carbonyl (C=O) groups excluding carboxylic acids is 1. The van der Waals surface area contributed by atoms with Crippen molar-refractivity contribution >= 4 is 28.9 Å². The molecule has 2 rings (SSSR count). The molecule has 0 aliphatic heterocycles. The third-order valence-corrected chi connectivity index (χ3v) is 3.43. The van der Waals surface area contributed by atoms with Crippen molar-refractivity contribution in [1.29, 1.82) is 0 Å². The highest BCUT2D eigenvalue weighted by Gasteiger charge is 2.26. The van der Waals surface area contributed by atoms with Gasteiger partial charge in [0.2, 0.25) is 0 Å². The lowest BCUT2D eigenvalue weighted by Gasteiger charge is -2.17. The first kappa shape index (κ1) is 15.0. The molecule has 2 aromatic rings. The number of hydrogen-bond acceptors (Lipinski definition) is 3. The molecule has 0 fully saturated rings. The molecule has 6 heteroatoms. The second kappa shape index (κ2) is 5.93. The Bertz CT molecular complexity index is 699. The number of carbonyl (C=O) groups is 1. The molecule has 0 radical (unpaired) electrons. The number of hydrogen-bond donors (Lipinski definition) is 0. The summed E-state index contributed by atoms with van der Waals surface area (Å²) in [4.78, 5) is 24.3. The average molecular weight is 305 g/mol. The Balaban J connectivity index is 2.43. The summed E-state index contributed by atoms with van der Waals surface area (Å²) in [5.74, 6) is -0.479. The van der Waals surface area contributed by atoms with E-state index < -0.39 is 10.8 Å². The van der Waals surface area contributed by atoms with Crippen LogP contribution in [-0.2, 0) is 0 Å². The molecule has 0 N–H and O–H groups in total. The highest BCUT2D eigenvalue weighted by atomic mass is 35.5. The molecule has 0 bridgehead atoms. The van der Waals surface area contributed by atoms with Crippen molar-refractivity contribution in [2.75, 3.05) is 11.9 Å². The molecule has 5 nitrogen and oxygen atoms in total. The first-order valence-electron chi connectivity index (χ1n) is 6.19. The van der Waals surface area contributed by atoms with Crippen LogP contribution in [0.15, 0.2) is 42.5 Å². The first-order chi connectivity index (χ1) is 9.91. The maximum Gasteiger partial charge on any atom is 0.300 e. The summed E-state index contributed by atoms with van der Waals surface area (Å²) in [5.41, 5.74) is 1.31. The molecular formula is C15H13ClN2O3. The van der Waals surface area contributed by atoms with Gasteiger partial charge in [-0.15, -0.1) is 0 Å². The summed E-state index contributed by atoms with van der Waals surface area (Å²) in [6.45, 7) is 1.94. The largest absolute Gasteiger partial charge is 0.311 e. The van der Waals surface area contributed by atoms with Gasteiger partial charge in [0.1, 0.15) is 10.6 Å². The zero-order valence-electron chi connectivity index (χ0n) is 11.5. The van der Waals surface area contributed by atoms with E-state index in [1.165, 1.54) is 23.1 Å². The molecule has 0 aliphatic carbocycles. The lowest BCUT2D eigenvalue weighted by Crippen LogP contribution is -2.27. The normalized spacial score (nSPS) is 10.2. The lowest BCUT2D eigenvalue weighted by atomic mass is 10.1. The van der Waals surface area contributed by atoms with Gasteiger partial charge in [0, 0.05) is 12.7 Å². The van der Waals surface area contributed by atoms with E-state index in [1.807, 2.05) is 19.1 Å². The van der Waals surface area contributed by atoms with Crippen molar-refractivity contribution in [1.82, 2.24) is 0 Å². The van der Waals surface area contributed by atoms with E-state index in [9.17, 15) is 14.9 Å². The summed E-state index contributed by atoms with van der Waals surface area (Å²) in [6.07, 6.45) is 0. The molecule has 0 saturated carbocycles. The quantitative estimate of drug-likeness (QED) is 0.639. The molecule has 108 valence electrons. The molecule has 1 amide bonds. The second-order valence-corrected chi connectivity index (χ2v) is 5.00. The fourth-order valence-electron chi connectivity index (χ4n) is 1.94. The van der Waals surface area contributed by atoms with E-state index >= 15 is 0 Å². The van der Waals surface area contributed by atoms with Crippen molar-refractivity contribution < 1.29 is 9.72 Å². The molecule has 0 spiro atoms. The minimum Gasteiger partial charge on any atom is -0.311 e. The van der Waals surface area contributed by atoms with Crippen molar-refractivity contribution in [2.24, 2.45) is 0 Å². The van der Waals surface area contributed by atoms with Crippen LogP contribution in [0.3, 0.4) is 0 Å². The third-order valence-electron chi connectivity index (χ3n) is 3.13. The van der Waals surface area contributed by atoms with Crippen LogP contribution >= 0.6 is 11.6 Å². The number of rotatable bonds is 3. The van der Waals surface area contributed by atoms with Gasteiger partial charge in [-0.05, 0) is 31.2 Å². The van der Waals surface area contributed by atoms with Crippen LogP contribution in [-0.4, -0.2) is 17.9 Å². The minimum atomic E-state index is -0.640. The van der Waals surface area contributed by atoms with Crippen molar-refractivity contribution in [2.45, 2.75) is 6.92 Å². The van der Waals surface area contributed by atoms with Gasteiger partial charge in [0.15, 0.2) is 0 Å². The molecule has 2 aromatic carbocycles. The molecule has 0 unspecified atom stereocenters. The number of anilines is 1. The number of aryl methyl sites for hydroxylation is 1. The monoisotopic (exact) mass is 304 g/mol. The SMILES string of the molecule is Cc1ccc(N(C)C(=O)c2cccc(Cl)c2[N+](=O)[O-])cc1. The molecule has 0 heterocycles. The molecule has 0 saturated heterocycles. The lowest BCUT2D eigenvalue weighted by molar-refractivity contribution is -0.385. The predicted octanol–water partition coefficient (Wildman–Crippen LogP) is 3.83. The molecular weight excluding hydrogens is 292 g/mol. The van der Waals surface area contributed by atoms with Crippen molar-refractivity contribution in [3.8, 4) is 0 Å². The maximum absolute atomic E-state index is 12.5. The summed E-state index contributed by atoms with van der Waals surface area (Å²) in [6, 6.07) is 11.6. The summed E-state index contributed by atoms with van der Waals surface area (Å²) < 4.78 is 0. The Kier molecular flexibility index (Phi) is 4.23. The van der Waals surface area contributed by atoms with Gasteiger partial charge in [-0.2, -0.15) is 0 Å². The van der Waals surface area contributed by atoms with E-state index in [1.54, 1.807) is 19.2 Å². The minimum absolute atomic E-state index is 0.0319. The summed E-state index contributed by atoms with van der Waals surface area (Å²) in [5, 5.41) is 11.0. The van der Waals surface area contributed by atoms with Crippen LogP contribution in [0.2, 0.25) is 5.02 Å². The number of benzene rings is 2. The number of nitro groups is 1. The van der Waals surface area contributed by atoms with Gasteiger partial charge in [-0.1, -0.05) is 35.4 Å². The molecule has 21 heavy (non-hydrogen) atoms. The highest BCUT2D eigenvalue weighted by Crippen LogP contribution is 2.29. The van der Waals surface area contributed by atoms with E-state index in [2.05, 4.69) is 0 Å². The summed E-state index contributed by atoms with van der Waals surface area (Å²) >= 11 is 5.83. The van der Waals surface area contributed by atoms with E-state index in [0.29, 0.717) is 5.69 Å². The van der Waals surface area contributed by atoms with Gasteiger partial charge in [0.05, 0.1) is 4.92 Å². The van der Waals surface area contributed by atoms with E-state index in [0.717, 1.165) is 5.56 Å². The molecule has 0 atom stereocenters. The number of amides is 1. The Hall–Kier alpha value is -2.40. The number of nitro benzene ring substituents is 1. The highest BCUT2D eigenvalue weighted by molar-refractivity contribution is 6.33. The van der Waals surface area contributed by atoms with Crippen molar-refractivity contribution in [3.05, 3.63) is 68.7 Å². The van der Waals surface area contributed by atoms with Gasteiger partial charge in [0.25, 0.3) is 5.91 Å². The van der Waals surface area contributed by atoms with Gasteiger partial charge >= 0.3 is 5.69 Å². The van der Waals surface area contributed by atoms with Crippen LogP contribution in [0, 0.1) is 17.0 Å². The van der Waals surface area contributed by atoms with Gasteiger partial charge in [-0.3, -0.25) is 14.9 Å². The number of halogens is 1. The first-order valence-corrected chi connectivity index (χ1v) is 6.57. The maximum atomic E-state index is 12.5. The zero-order valence-corrected chi connectivity index (χ0v) is 12.3. The summed E-state index contributed by atoms with van der Waals surface area (Å²) in [7, 11) is 1.57. The standard InChI is InChI=1S/C15H13ClN2O3/c1-10-6-8-11(9-7-10)17(2)15(19)12-4-3-5-13(16)14(12)18(20)21/h3-9H,1-2H3. The second-order valence-electron chi connectivity index (χ2n) is 4.59. The van der Waals surface area contributed by atoms with Crippen LogP contribution in [0.25, 0.3) is 0 Å². The van der Waals surface area contributed by atoms with Crippen LogP contribution in [0.5, 0.6) is 0 Å². The zero-order chi connectivity index (χ0) is 15.6. The van der Waals surface area contributed by atoms with Crippen LogP contribution in [0.1, 0.15) is 15.9 Å². The van der Waals surface area contributed by atoms with E-state index in [4.69, 9.17) is 11.6 Å². The van der Waals surface area contributed by atoms with Crippen LogP contribution < -0.4 is 4.90 Å². The van der Waals surface area contributed by atoms with Gasteiger partial charge in [-0.25, -0.2) is 0 Å². The number of nitrogens with zero attached hydrogens (tertiary/aromatic N) is 2. The Labute approximate surface area is 126 Å². The Morgan fingerprint density at radius 2 is 1.81 bits per heavy atom. The fourth-order valence-corrected chi connectivity index (χ4v) is 2.18. The Morgan fingerprint density at radius 3 is 2.38 bits per heavy atom. The van der Waals surface area contributed by atoms with E-state index in [-0.39, 0.29) is 16.3 Å². The molecule has 0 aliphatic rings. The third kappa shape index (κ3) is 3.03. The Morgan fingerprint density at radius 1 is 1.19 bits per heavy atom. The molecule has 0 aromatic heterocycles. The van der Waals surface area contributed by atoms with Crippen molar-refractivity contribution in [3.63, 3.8) is 0 Å². The predicted molar refractivity (Wildman–Crippen MR) is 82.0 cm³/mol. The topological polar surface area (TPSA) is 63.5 Å².